The maximum absolute atomic E-state index is 13.2. The van der Waals surface area contributed by atoms with E-state index in [0.29, 0.717) is 0 Å². The highest BCUT2D eigenvalue weighted by molar-refractivity contribution is 6.31. The minimum absolute atomic E-state index is 0.0178. The molecule has 0 aromatic heterocycles. The molecule has 0 saturated heterocycles. The number of aromatic hydroxyl groups is 2. The van der Waals surface area contributed by atoms with Gasteiger partial charge in [-0.15, -0.1) is 0 Å². The molecular weight excluding hydrogens is 598 g/mol. The van der Waals surface area contributed by atoms with Gasteiger partial charge in [-0.05, 0) is 25.8 Å². The van der Waals surface area contributed by atoms with Crippen LogP contribution in [0, 0.1) is 0 Å². The van der Waals surface area contributed by atoms with E-state index in [1.54, 1.807) is 13.0 Å². The number of rotatable bonds is 9. The van der Waals surface area contributed by atoms with Gasteiger partial charge in [-0.2, -0.15) is 0 Å². The number of hydrogen-bond acceptors (Lipinski definition) is 12. The molecule has 7 N–H and O–H groups in total. The molecule has 0 bridgehead atoms. The number of carbonyl (C=O) groups is 3. The molecule has 0 fully saturated rings. The Morgan fingerprint density at radius 3 is 2.04 bits per heavy atom. The Balaban J connectivity index is 0.000000554. The largest absolute Gasteiger partial charge is 0.507 e. The standard InChI is InChI=1S/C22H20O8.C6H15NO3.C4H10.C2H6/c1-29-9-14(23)22(28)7-6-10-12(8-22)20(26)16-17(18(10)24)21(27)15-11(19(16)25)4-3-5-13(15)30-2;1-4(10-2)6(9)5(7)3-8;1-3-4-2;1-2/h3-5,24,26,28H,6-9H2,1-2H3;4-6,8-9H,3,7H2,1-2H3;3-4H2,1-2H3;1-2H3/t22-;;;/m1.../s1. The first-order chi connectivity index (χ1) is 21.8. The van der Waals surface area contributed by atoms with Gasteiger partial charge in [0.25, 0.3) is 0 Å². The first-order valence-electron chi connectivity index (χ1n) is 15.5. The van der Waals surface area contributed by atoms with Gasteiger partial charge in [-0.25, -0.2) is 0 Å². The fourth-order valence-electron chi connectivity index (χ4n) is 4.92. The minimum Gasteiger partial charge on any atom is -0.507 e. The van der Waals surface area contributed by atoms with Crippen molar-refractivity contribution in [2.24, 2.45) is 5.73 Å². The Morgan fingerprint density at radius 1 is 0.978 bits per heavy atom. The van der Waals surface area contributed by atoms with Gasteiger partial charge < -0.3 is 45.5 Å². The molecule has 0 saturated carbocycles. The van der Waals surface area contributed by atoms with Crippen molar-refractivity contribution in [3.63, 3.8) is 0 Å². The molecule has 0 amide bonds. The zero-order chi connectivity index (χ0) is 35.4. The number of aliphatic hydroxyl groups is 3. The first kappa shape index (κ1) is 40.6. The second-order valence-corrected chi connectivity index (χ2v) is 10.8. The molecule has 2 aliphatic carbocycles. The van der Waals surface area contributed by atoms with Gasteiger partial charge in [0.1, 0.15) is 29.5 Å². The number of carbonyl (C=O) groups excluding carboxylic acids is 3. The number of benzene rings is 2. The minimum atomic E-state index is -1.80. The third kappa shape index (κ3) is 8.69. The van der Waals surface area contributed by atoms with Crippen LogP contribution in [0.5, 0.6) is 17.2 Å². The van der Waals surface area contributed by atoms with Gasteiger partial charge in [0, 0.05) is 37.3 Å². The molecule has 12 nitrogen and oxygen atoms in total. The number of Topliss-reactive ketones (excluding diaryl/α,β-unsaturated/α-hetero) is 1. The number of fused-ring (bicyclic) bond motifs is 3. The fraction of sp³-hybridized carbons (Fsp3) is 0.559. The van der Waals surface area contributed by atoms with Crippen LogP contribution in [0.4, 0.5) is 0 Å². The molecule has 12 heteroatoms. The number of methoxy groups -OCH3 is 3. The summed E-state index contributed by atoms with van der Waals surface area (Å²) in [5.74, 6) is -2.59. The summed E-state index contributed by atoms with van der Waals surface area (Å²) in [7, 11) is 4.18. The fourth-order valence-corrected chi connectivity index (χ4v) is 4.92. The molecule has 2 aromatic carbocycles. The molecular formula is C34H51NO11. The summed E-state index contributed by atoms with van der Waals surface area (Å²) in [6.45, 7) is 9.52. The quantitative estimate of drug-likeness (QED) is 0.185. The van der Waals surface area contributed by atoms with Crippen molar-refractivity contribution in [1.29, 1.82) is 0 Å². The van der Waals surface area contributed by atoms with Crippen molar-refractivity contribution in [3.05, 3.63) is 51.6 Å². The van der Waals surface area contributed by atoms with Gasteiger partial charge in [0.15, 0.2) is 11.6 Å². The van der Waals surface area contributed by atoms with E-state index in [9.17, 15) is 34.8 Å². The number of ether oxygens (including phenoxy) is 3. The number of hydrogen-bond donors (Lipinski definition) is 6. The Morgan fingerprint density at radius 2 is 1.54 bits per heavy atom. The molecule has 0 spiro atoms. The summed E-state index contributed by atoms with van der Waals surface area (Å²) in [4.78, 5) is 38.7. The maximum Gasteiger partial charge on any atom is 0.202 e. The van der Waals surface area contributed by atoms with Crippen molar-refractivity contribution in [3.8, 4) is 17.2 Å². The Hall–Kier alpha value is -3.39. The van der Waals surface area contributed by atoms with E-state index >= 15 is 0 Å². The van der Waals surface area contributed by atoms with Crippen molar-refractivity contribution < 1.29 is 54.1 Å². The topological polar surface area (TPSA) is 206 Å². The van der Waals surface area contributed by atoms with Gasteiger partial charge in [0.2, 0.25) is 5.78 Å². The predicted octanol–water partition coefficient (Wildman–Crippen LogP) is 2.85. The van der Waals surface area contributed by atoms with Crippen LogP contribution in [0.1, 0.15) is 96.9 Å². The molecule has 2 aliphatic rings. The maximum atomic E-state index is 13.2. The first-order valence-corrected chi connectivity index (χ1v) is 15.5. The summed E-state index contributed by atoms with van der Waals surface area (Å²) in [6, 6.07) is 3.90. The van der Waals surface area contributed by atoms with Crippen molar-refractivity contribution in [1.82, 2.24) is 0 Å². The number of phenols is 2. The van der Waals surface area contributed by atoms with E-state index in [2.05, 4.69) is 13.8 Å². The highest BCUT2D eigenvalue weighted by Gasteiger charge is 2.45. The van der Waals surface area contributed by atoms with Gasteiger partial charge in [-0.3, -0.25) is 14.4 Å². The van der Waals surface area contributed by atoms with Gasteiger partial charge >= 0.3 is 0 Å². The highest BCUT2D eigenvalue weighted by Crippen LogP contribution is 2.48. The predicted molar refractivity (Wildman–Crippen MR) is 173 cm³/mol. The molecule has 4 rings (SSSR count). The lowest BCUT2D eigenvalue weighted by Crippen LogP contribution is -2.46. The summed E-state index contributed by atoms with van der Waals surface area (Å²) >= 11 is 0. The highest BCUT2D eigenvalue weighted by atomic mass is 16.5. The number of aliphatic hydroxyl groups excluding tert-OH is 2. The van der Waals surface area contributed by atoms with Crippen LogP contribution in [0.15, 0.2) is 18.2 Å². The van der Waals surface area contributed by atoms with Crippen molar-refractivity contribution in [2.75, 3.05) is 34.5 Å². The van der Waals surface area contributed by atoms with Crippen LogP contribution in [-0.4, -0.2) is 101 Å². The molecule has 4 atom stereocenters. The molecule has 0 heterocycles. The SMILES string of the molecule is CC.CCCC.COC(C)C(O)C(N)CO.COCC(=O)[C@@]1(O)CCc2c(O)c3c(c(O)c2C1)C(=O)c1cccc(OC)c1C3=O. The van der Waals surface area contributed by atoms with E-state index in [-0.39, 0.29) is 77.7 Å². The number of nitrogens with two attached hydrogens (primary N) is 1. The normalized spacial score (nSPS) is 18.0. The number of unbranched alkanes of at least 4 members (excludes halogenated alkanes) is 1. The second-order valence-electron chi connectivity index (χ2n) is 10.8. The molecule has 0 radical (unpaired) electrons. The van der Waals surface area contributed by atoms with E-state index in [4.69, 9.17) is 25.1 Å². The van der Waals surface area contributed by atoms with Crippen LogP contribution in [0.25, 0.3) is 0 Å². The monoisotopic (exact) mass is 649 g/mol. The molecule has 2 aromatic rings. The lowest BCUT2D eigenvalue weighted by molar-refractivity contribution is -0.142. The Labute approximate surface area is 271 Å². The van der Waals surface area contributed by atoms with E-state index in [0.717, 1.165) is 0 Å². The van der Waals surface area contributed by atoms with Crippen molar-refractivity contribution >= 4 is 17.3 Å². The Kier molecular flexibility index (Phi) is 16.5. The van der Waals surface area contributed by atoms with E-state index in [1.807, 2.05) is 13.8 Å². The summed E-state index contributed by atoms with van der Waals surface area (Å²) in [6.07, 6.45) is 1.23. The summed E-state index contributed by atoms with van der Waals surface area (Å²) in [5.41, 5.74) is 3.27. The number of phenolic OH excluding ortho intramolecular Hbond substituents is 2. The third-order valence-corrected chi connectivity index (χ3v) is 7.89. The average molecular weight is 650 g/mol. The summed E-state index contributed by atoms with van der Waals surface area (Å²) < 4.78 is 14.8. The van der Waals surface area contributed by atoms with Crippen LogP contribution in [-0.2, 0) is 27.1 Å². The van der Waals surface area contributed by atoms with Crippen LogP contribution in [0.3, 0.4) is 0 Å². The van der Waals surface area contributed by atoms with Gasteiger partial charge in [0.05, 0.1) is 48.7 Å². The molecule has 258 valence electrons. The third-order valence-electron chi connectivity index (χ3n) is 7.89. The van der Waals surface area contributed by atoms with E-state index < -0.39 is 46.6 Å². The zero-order valence-electron chi connectivity index (χ0n) is 28.2. The van der Waals surface area contributed by atoms with Crippen LogP contribution >= 0.6 is 0 Å². The van der Waals surface area contributed by atoms with Crippen molar-refractivity contribution in [2.45, 2.75) is 90.6 Å². The summed E-state index contributed by atoms with van der Waals surface area (Å²) in [5, 5.41) is 50.3. The smallest absolute Gasteiger partial charge is 0.202 e. The lowest BCUT2D eigenvalue weighted by Gasteiger charge is -2.34. The van der Waals surface area contributed by atoms with Crippen LogP contribution in [0.2, 0.25) is 0 Å². The molecule has 0 aliphatic heterocycles. The average Bonchev–Trinajstić information content (AvgIpc) is 3.08. The van der Waals surface area contributed by atoms with Gasteiger partial charge in [-0.1, -0.05) is 52.7 Å². The van der Waals surface area contributed by atoms with Crippen LogP contribution < -0.4 is 10.5 Å². The molecule has 3 unspecified atom stereocenters. The lowest BCUT2D eigenvalue weighted by atomic mass is 9.73. The number of ketones is 3. The van der Waals surface area contributed by atoms with E-state index in [1.165, 1.54) is 46.3 Å². The molecule has 46 heavy (non-hydrogen) atoms. The Bertz CT molecular complexity index is 1330. The zero-order valence-corrected chi connectivity index (χ0v) is 28.2. The second kappa shape index (κ2) is 18.7.